The van der Waals surface area contributed by atoms with Gasteiger partial charge in [0, 0.05) is 30.7 Å². The number of hydrogen-bond acceptors (Lipinski definition) is 2. The van der Waals surface area contributed by atoms with Crippen molar-refractivity contribution in [2.45, 2.75) is 64.6 Å². The SMILES string of the molecule is CCC1CNC(C)(C)CN1C1CC(C)C1. The smallest absolute Gasteiger partial charge is 0.0253 e. The van der Waals surface area contributed by atoms with Gasteiger partial charge in [0.2, 0.25) is 0 Å². The maximum atomic E-state index is 3.66. The van der Waals surface area contributed by atoms with Crippen LogP contribution >= 0.6 is 0 Å². The largest absolute Gasteiger partial charge is 0.309 e. The van der Waals surface area contributed by atoms with Crippen molar-refractivity contribution in [1.82, 2.24) is 10.2 Å². The zero-order valence-electron chi connectivity index (χ0n) is 10.7. The molecule has 2 fully saturated rings. The summed E-state index contributed by atoms with van der Waals surface area (Å²) in [6, 6.07) is 1.65. The lowest BCUT2D eigenvalue weighted by Gasteiger charge is -2.52. The van der Waals surface area contributed by atoms with Crippen LogP contribution in [0.4, 0.5) is 0 Å². The first-order valence-electron chi connectivity index (χ1n) is 6.52. The Bertz CT molecular complexity index is 219. The molecule has 1 aliphatic carbocycles. The highest BCUT2D eigenvalue weighted by molar-refractivity contribution is 4.97. The van der Waals surface area contributed by atoms with Crippen LogP contribution in [0.2, 0.25) is 0 Å². The Labute approximate surface area is 94.4 Å². The highest BCUT2D eigenvalue weighted by Gasteiger charge is 2.39. The van der Waals surface area contributed by atoms with E-state index in [9.17, 15) is 0 Å². The van der Waals surface area contributed by atoms with Crippen molar-refractivity contribution >= 4 is 0 Å². The van der Waals surface area contributed by atoms with Crippen LogP contribution in [0.3, 0.4) is 0 Å². The van der Waals surface area contributed by atoms with Crippen LogP contribution in [-0.4, -0.2) is 35.6 Å². The average molecular weight is 210 g/mol. The molecule has 1 unspecified atom stereocenters. The van der Waals surface area contributed by atoms with Gasteiger partial charge in [-0.05, 0) is 39.0 Å². The summed E-state index contributed by atoms with van der Waals surface area (Å²) < 4.78 is 0. The Morgan fingerprint density at radius 3 is 2.53 bits per heavy atom. The lowest BCUT2D eigenvalue weighted by Crippen LogP contribution is -2.65. The molecule has 1 N–H and O–H groups in total. The fourth-order valence-corrected chi connectivity index (χ4v) is 3.09. The van der Waals surface area contributed by atoms with Gasteiger partial charge in [-0.25, -0.2) is 0 Å². The molecule has 0 aromatic heterocycles. The third-order valence-electron chi connectivity index (χ3n) is 4.15. The molecule has 2 nitrogen and oxygen atoms in total. The maximum absolute atomic E-state index is 3.66. The molecule has 0 bridgehead atoms. The van der Waals surface area contributed by atoms with E-state index < -0.39 is 0 Å². The summed E-state index contributed by atoms with van der Waals surface area (Å²) in [4.78, 5) is 2.77. The van der Waals surface area contributed by atoms with Crippen molar-refractivity contribution in [3.05, 3.63) is 0 Å². The Hall–Kier alpha value is -0.0800. The van der Waals surface area contributed by atoms with Crippen LogP contribution in [0.25, 0.3) is 0 Å². The molecule has 0 amide bonds. The van der Waals surface area contributed by atoms with Crippen molar-refractivity contribution in [2.24, 2.45) is 5.92 Å². The first kappa shape index (κ1) is 11.4. The first-order chi connectivity index (χ1) is 7.02. The Morgan fingerprint density at radius 2 is 2.00 bits per heavy atom. The van der Waals surface area contributed by atoms with Gasteiger partial charge in [-0.2, -0.15) is 0 Å². The quantitative estimate of drug-likeness (QED) is 0.752. The van der Waals surface area contributed by atoms with Crippen LogP contribution in [0.1, 0.15) is 47.0 Å². The van der Waals surface area contributed by atoms with E-state index in [0.717, 1.165) is 18.0 Å². The van der Waals surface area contributed by atoms with Crippen molar-refractivity contribution in [3.63, 3.8) is 0 Å². The molecule has 0 spiro atoms. The first-order valence-corrected chi connectivity index (χ1v) is 6.52. The zero-order chi connectivity index (χ0) is 11.1. The van der Waals surface area contributed by atoms with Crippen molar-refractivity contribution in [1.29, 1.82) is 0 Å². The van der Waals surface area contributed by atoms with E-state index in [1.807, 2.05) is 0 Å². The van der Waals surface area contributed by atoms with Crippen molar-refractivity contribution in [2.75, 3.05) is 13.1 Å². The van der Waals surface area contributed by atoms with E-state index in [4.69, 9.17) is 0 Å². The Kier molecular flexibility index (Phi) is 3.09. The van der Waals surface area contributed by atoms with E-state index in [-0.39, 0.29) is 0 Å². The predicted octanol–water partition coefficient (Wildman–Crippen LogP) is 2.25. The average Bonchev–Trinajstić information content (AvgIpc) is 2.12. The minimum atomic E-state index is 0.310. The molecule has 1 saturated heterocycles. The molecule has 1 heterocycles. The van der Waals surface area contributed by atoms with Crippen LogP contribution in [0.5, 0.6) is 0 Å². The summed E-state index contributed by atoms with van der Waals surface area (Å²) in [7, 11) is 0. The molecule has 1 saturated carbocycles. The molecule has 1 atom stereocenters. The second-order valence-electron chi connectivity index (χ2n) is 6.23. The van der Waals surface area contributed by atoms with Gasteiger partial charge in [-0.15, -0.1) is 0 Å². The summed E-state index contributed by atoms with van der Waals surface area (Å²) in [6.07, 6.45) is 4.13. The number of nitrogens with one attached hydrogen (secondary N) is 1. The molecule has 0 aromatic carbocycles. The summed E-state index contributed by atoms with van der Waals surface area (Å²) >= 11 is 0. The van der Waals surface area contributed by atoms with Gasteiger partial charge in [0.05, 0.1) is 0 Å². The van der Waals surface area contributed by atoms with Gasteiger partial charge < -0.3 is 5.32 Å². The van der Waals surface area contributed by atoms with Crippen molar-refractivity contribution in [3.8, 4) is 0 Å². The van der Waals surface area contributed by atoms with Crippen LogP contribution < -0.4 is 5.32 Å². The van der Waals surface area contributed by atoms with E-state index in [1.165, 1.54) is 32.4 Å². The van der Waals surface area contributed by atoms with Gasteiger partial charge in [0.15, 0.2) is 0 Å². The summed E-state index contributed by atoms with van der Waals surface area (Å²) in [5.74, 6) is 0.963. The molecule has 0 radical (unpaired) electrons. The molecule has 2 aliphatic rings. The number of hydrogen-bond donors (Lipinski definition) is 1. The molecule has 88 valence electrons. The van der Waals surface area contributed by atoms with Crippen LogP contribution in [0.15, 0.2) is 0 Å². The van der Waals surface area contributed by atoms with Gasteiger partial charge >= 0.3 is 0 Å². The summed E-state index contributed by atoms with van der Waals surface area (Å²) in [5.41, 5.74) is 0.310. The number of rotatable bonds is 2. The molecular weight excluding hydrogens is 184 g/mol. The minimum absolute atomic E-state index is 0.310. The second-order valence-corrected chi connectivity index (χ2v) is 6.23. The molecule has 0 aromatic rings. The lowest BCUT2D eigenvalue weighted by atomic mass is 9.78. The van der Waals surface area contributed by atoms with Gasteiger partial charge in [0.25, 0.3) is 0 Å². The third-order valence-corrected chi connectivity index (χ3v) is 4.15. The fourth-order valence-electron chi connectivity index (χ4n) is 3.09. The van der Waals surface area contributed by atoms with Crippen LogP contribution in [0, 0.1) is 5.92 Å². The van der Waals surface area contributed by atoms with E-state index in [0.29, 0.717) is 5.54 Å². The minimum Gasteiger partial charge on any atom is -0.309 e. The highest BCUT2D eigenvalue weighted by Crippen LogP contribution is 2.34. The number of nitrogens with zero attached hydrogens (tertiary/aromatic N) is 1. The molecular formula is C13H26N2. The molecule has 1 aliphatic heterocycles. The standard InChI is InChI=1S/C13H26N2/c1-5-11-8-14-13(3,4)9-15(11)12-6-10(2)7-12/h10-12,14H,5-9H2,1-4H3. The van der Waals surface area contributed by atoms with E-state index in [2.05, 4.69) is 37.9 Å². The second kappa shape index (κ2) is 4.06. The summed E-state index contributed by atoms with van der Waals surface area (Å²) in [6.45, 7) is 11.8. The molecule has 2 heteroatoms. The summed E-state index contributed by atoms with van der Waals surface area (Å²) in [5, 5.41) is 3.66. The van der Waals surface area contributed by atoms with E-state index >= 15 is 0 Å². The van der Waals surface area contributed by atoms with Gasteiger partial charge in [-0.3, -0.25) is 4.90 Å². The Balaban J connectivity index is 1.98. The van der Waals surface area contributed by atoms with Crippen molar-refractivity contribution < 1.29 is 0 Å². The monoisotopic (exact) mass is 210 g/mol. The maximum Gasteiger partial charge on any atom is 0.0253 e. The third kappa shape index (κ3) is 2.36. The van der Waals surface area contributed by atoms with Gasteiger partial charge in [-0.1, -0.05) is 13.8 Å². The van der Waals surface area contributed by atoms with Gasteiger partial charge in [0.1, 0.15) is 0 Å². The topological polar surface area (TPSA) is 15.3 Å². The molecule has 15 heavy (non-hydrogen) atoms. The fraction of sp³-hybridized carbons (Fsp3) is 1.00. The molecule has 2 rings (SSSR count). The zero-order valence-corrected chi connectivity index (χ0v) is 10.7. The van der Waals surface area contributed by atoms with Crippen LogP contribution in [-0.2, 0) is 0 Å². The highest BCUT2D eigenvalue weighted by atomic mass is 15.3. The number of piperazine rings is 1. The lowest BCUT2D eigenvalue weighted by molar-refractivity contribution is -0.000410. The predicted molar refractivity (Wildman–Crippen MR) is 65.1 cm³/mol. The van der Waals surface area contributed by atoms with E-state index in [1.54, 1.807) is 0 Å². The Morgan fingerprint density at radius 1 is 1.33 bits per heavy atom. The normalized spacial score (nSPS) is 41.2.